The van der Waals surface area contributed by atoms with E-state index < -0.39 is 0 Å². The van der Waals surface area contributed by atoms with Crippen LogP contribution in [-0.2, 0) is 4.74 Å². The Morgan fingerprint density at radius 1 is 1.29 bits per heavy atom. The number of morpholine rings is 1. The highest BCUT2D eigenvalue weighted by molar-refractivity contribution is 5.96. The Labute approximate surface area is 102 Å². The molecule has 1 aromatic carbocycles. The fourth-order valence-corrected chi connectivity index (χ4v) is 1.91. The largest absolute Gasteiger partial charge is 0.378 e. The summed E-state index contributed by atoms with van der Waals surface area (Å²) in [6, 6.07) is 8.32. The van der Waals surface area contributed by atoms with Crippen LogP contribution in [0.15, 0.2) is 29.3 Å². The second-order valence-corrected chi connectivity index (χ2v) is 4.05. The van der Waals surface area contributed by atoms with Gasteiger partial charge in [-0.1, -0.05) is 12.1 Å². The standard InChI is InChI=1S/C13H19N3O/c1-11(14-2)15-12-5-3-4-6-13(12)16-7-9-17-10-8-16/h3-6H,7-10H2,1-2H3,(H,14,15). The maximum Gasteiger partial charge on any atom is 0.0972 e. The number of aliphatic imine (C=N–C) groups is 1. The first-order valence-corrected chi connectivity index (χ1v) is 5.93. The van der Waals surface area contributed by atoms with Gasteiger partial charge in [0, 0.05) is 20.1 Å². The quantitative estimate of drug-likeness (QED) is 0.627. The normalized spacial score (nSPS) is 17.1. The van der Waals surface area contributed by atoms with Crippen LogP contribution in [0.2, 0.25) is 0 Å². The van der Waals surface area contributed by atoms with Gasteiger partial charge >= 0.3 is 0 Å². The lowest BCUT2D eigenvalue weighted by atomic mass is 10.2. The van der Waals surface area contributed by atoms with Gasteiger partial charge in [-0.25, -0.2) is 0 Å². The average Bonchev–Trinajstić information content (AvgIpc) is 2.40. The topological polar surface area (TPSA) is 36.9 Å². The van der Waals surface area contributed by atoms with Crippen LogP contribution in [0.5, 0.6) is 0 Å². The lowest BCUT2D eigenvalue weighted by molar-refractivity contribution is 0.123. The number of rotatable bonds is 2. The zero-order chi connectivity index (χ0) is 12.1. The van der Waals surface area contributed by atoms with E-state index in [4.69, 9.17) is 4.74 Å². The van der Waals surface area contributed by atoms with Crippen molar-refractivity contribution < 1.29 is 4.74 Å². The van der Waals surface area contributed by atoms with Gasteiger partial charge in [-0.3, -0.25) is 4.99 Å². The highest BCUT2D eigenvalue weighted by Crippen LogP contribution is 2.26. The third-order valence-corrected chi connectivity index (χ3v) is 2.91. The molecule has 1 aliphatic heterocycles. The Kier molecular flexibility index (Phi) is 3.98. The van der Waals surface area contributed by atoms with Crippen LogP contribution in [0.4, 0.5) is 11.4 Å². The summed E-state index contributed by atoms with van der Waals surface area (Å²) in [4.78, 5) is 6.47. The van der Waals surface area contributed by atoms with Crippen molar-refractivity contribution in [3.63, 3.8) is 0 Å². The van der Waals surface area contributed by atoms with Gasteiger partial charge in [0.25, 0.3) is 0 Å². The minimum Gasteiger partial charge on any atom is -0.378 e. The van der Waals surface area contributed by atoms with Gasteiger partial charge in [-0.2, -0.15) is 0 Å². The number of ether oxygens (including phenoxy) is 1. The summed E-state index contributed by atoms with van der Waals surface area (Å²) in [7, 11) is 1.79. The number of amidine groups is 1. The molecular weight excluding hydrogens is 214 g/mol. The van der Waals surface area contributed by atoms with E-state index in [1.165, 1.54) is 5.69 Å². The Morgan fingerprint density at radius 3 is 2.71 bits per heavy atom. The number of hydrogen-bond donors (Lipinski definition) is 1. The monoisotopic (exact) mass is 233 g/mol. The van der Waals surface area contributed by atoms with E-state index in [2.05, 4.69) is 33.4 Å². The summed E-state index contributed by atoms with van der Waals surface area (Å²) in [5.41, 5.74) is 2.33. The van der Waals surface area contributed by atoms with Crippen molar-refractivity contribution in [1.82, 2.24) is 0 Å². The molecule has 1 aromatic rings. The van der Waals surface area contributed by atoms with Gasteiger partial charge in [-0.15, -0.1) is 0 Å². The van der Waals surface area contributed by atoms with Crippen molar-refractivity contribution >= 4 is 17.2 Å². The van der Waals surface area contributed by atoms with Gasteiger partial charge in [0.2, 0.25) is 0 Å². The highest BCUT2D eigenvalue weighted by atomic mass is 16.5. The molecule has 4 heteroatoms. The Hall–Kier alpha value is -1.55. The second kappa shape index (κ2) is 5.68. The fourth-order valence-electron chi connectivity index (χ4n) is 1.91. The highest BCUT2D eigenvalue weighted by Gasteiger charge is 2.14. The Morgan fingerprint density at radius 2 is 2.00 bits per heavy atom. The van der Waals surface area contributed by atoms with Crippen LogP contribution in [0.25, 0.3) is 0 Å². The van der Waals surface area contributed by atoms with E-state index in [1.54, 1.807) is 7.05 Å². The predicted octanol–water partition coefficient (Wildman–Crippen LogP) is 1.98. The zero-order valence-electron chi connectivity index (χ0n) is 10.4. The first-order chi connectivity index (χ1) is 8.31. The Bertz CT molecular complexity index is 397. The van der Waals surface area contributed by atoms with Gasteiger partial charge in [0.1, 0.15) is 0 Å². The maximum absolute atomic E-state index is 5.38. The summed E-state index contributed by atoms with van der Waals surface area (Å²) in [5, 5.41) is 3.32. The summed E-state index contributed by atoms with van der Waals surface area (Å²) in [6.07, 6.45) is 0. The van der Waals surface area contributed by atoms with Crippen LogP contribution in [-0.4, -0.2) is 39.2 Å². The van der Waals surface area contributed by atoms with Crippen LogP contribution >= 0.6 is 0 Å². The number of hydrogen-bond acceptors (Lipinski definition) is 3. The number of para-hydroxylation sites is 2. The predicted molar refractivity (Wildman–Crippen MR) is 72.1 cm³/mol. The first kappa shape index (κ1) is 11.9. The summed E-state index contributed by atoms with van der Waals surface area (Å²) in [5.74, 6) is 0.922. The lowest BCUT2D eigenvalue weighted by Crippen LogP contribution is -2.36. The van der Waals surface area contributed by atoms with Crippen molar-refractivity contribution in [3.05, 3.63) is 24.3 Å². The van der Waals surface area contributed by atoms with Gasteiger partial charge in [-0.05, 0) is 19.1 Å². The van der Waals surface area contributed by atoms with Crippen LogP contribution in [0.1, 0.15) is 6.92 Å². The van der Waals surface area contributed by atoms with E-state index in [1.807, 2.05) is 13.0 Å². The molecule has 0 aliphatic carbocycles. The zero-order valence-corrected chi connectivity index (χ0v) is 10.4. The van der Waals surface area contributed by atoms with E-state index in [9.17, 15) is 0 Å². The van der Waals surface area contributed by atoms with E-state index in [0.29, 0.717) is 0 Å². The average molecular weight is 233 g/mol. The molecule has 0 radical (unpaired) electrons. The minimum absolute atomic E-state index is 0.801. The number of nitrogens with one attached hydrogen (secondary N) is 1. The number of anilines is 2. The van der Waals surface area contributed by atoms with Crippen LogP contribution < -0.4 is 10.2 Å². The SMILES string of the molecule is CN=C(C)Nc1ccccc1N1CCOCC1. The van der Waals surface area contributed by atoms with Crippen LogP contribution in [0, 0.1) is 0 Å². The molecule has 1 fully saturated rings. The van der Waals surface area contributed by atoms with E-state index in [-0.39, 0.29) is 0 Å². The maximum atomic E-state index is 5.38. The molecule has 0 saturated carbocycles. The first-order valence-electron chi connectivity index (χ1n) is 5.93. The van der Waals surface area contributed by atoms with Crippen molar-refractivity contribution in [2.75, 3.05) is 43.6 Å². The third-order valence-electron chi connectivity index (χ3n) is 2.91. The molecule has 0 amide bonds. The van der Waals surface area contributed by atoms with Crippen molar-refractivity contribution in [2.45, 2.75) is 6.92 Å². The molecule has 0 aromatic heterocycles. The molecule has 0 bridgehead atoms. The molecule has 17 heavy (non-hydrogen) atoms. The van der Waals surface area contributed by atoms with Crippen LogP contribution in [0.3, 0.4) is 0 Å². The molecule has 1 saturated heterocycles. The molecule has 1 heterocycles. The molecule has 1 aliphatic rings. The molecule has 92 valence electrons. The Balaban J connectivity index is 2.20. The van der Waals surface area contributed by atoms with Gasteiger partial charge in [0.15, 0.2) is 0 Å². The lowest BCUT2D eigenvalue weighted by Gasteiger charge is -2.30. The number of benzene rings is 1. The summed E-state index contributed by atoms with van der Waals surface area (Å²) < 4.78 is 5.38. The van der Waals surface area contributed by atoms with Crippen molar-refractivity contribution in [2.24, 2.45) is 4.99 Å². The van der Waals surface area contributed by atoms with Gasteiger partial charge < -0.3 is 15.0 Å². The molecule has 0 spiro atoms. The number of nitrogens with zero attached hydrogens (tertiary/aromatic N) is 2. The van der Waals surface area contributed by atoms with E-state index >= 15 is 0 Å². The fraction of sp³-hybridized carbons (Fsp3) is 0.462. The molecule has 0 atom stereocenters. The van der Waals surface area contributed by atoms with Crippen molar-refractivity contribution in [1.29, 1.82) is 0 Å². The molecule has 2 rings (SSSR count). The smallest absolute Gasteiger partial charge is 0.0972 e. The molecule has 0 unspecified atom stereocenters. The summed E-state index contributed by atoms with van der Waals surface area (Å²) >= 11 is 0. The minimum atomic E-state index is 0.801. The molecule has 1 N–H and O–H groups in total. The van der Waals surface area contributed by atoms with E-state index in [0.717, 1.165) is 37.8 Å². The summed E-state index contributed by atoms with van der Waals surface area (Å²) in [6.45, 7) is 5.46. The third kappa shape index (κ3) is 2.97. The van der Waals surface area contributed by atoms with Crippen molar-refractivity contribution in [3.8, 4) is 0 Å². The second-order valence-electron chi connectivity index (χ2n) is 4.05. The van der Waals surface area contributed by atoms with Gasteiger partial charge in [0.05, 0.1) is 30.4 Å². The molecular formula is C13H19N3O. The molecule has 4 nitrogen and oxygen atoms in total.